The van der Waals surface area contributed by atoms with Crippen molar-refractivity contribution in [2.45, 2.75) is 52.9 Å². The number of piperazine rings is 1. The van der Waals surface area contributed by atoms with E-state index in [-0.39, 0.29) is 11.3 Å². The average molecular weight is 513 g/mol. The van der Waals surface area contributed by atoms with Crippen molar-refractivity contribution in [3.63, 3.8) is 0 Å². The number of amides is 1. The van der Waals surface area contributed by atoms with Crippen LogP contribution in [-0.2, 0) is 17.6 Å². The summed E-state index contributed by atoms with van der Waals surface area (Å²) in [5, 5.41) is 4.83. The number of carbonyl (C=O) groups excluding carboxylic acids is 1. The summed E-state index contributed by atoms with van der Waals surface area (Å²) in [5.41, 5.74) is 13.9. The number of benzene rings is 1. The van der Waals surface area contributed by atoms with E-state index >= 15 is 0 Å². The predicted molar refractivity (Wildman–Crippen MR) is 151 cm³/mol. The zero-order valence-corrected chi connectivity index (χ0v) is 23.0. The van der Waals surface area contributed by atoms with Crippen molar-refractivity contribution in [3.8, 4) is 0 Å². The second-order valence-electron chi connectivity index (χ2n) is 12.1. The van der Waals surface area contributed by atoms with Gasteiger partial charge in [-0.05, 0) is 62.1 Å². The molecule has 0 atom stereocenters. The van der Waals surface area contributed by atoms with E-state index < -0.39 is 0 Å². The third kappa shape index (κ3) is 4.56. The Labute approximate surface area is 225 Å². The highest BCUT2D eigenvalue weighted by molar-refractivity contribution is 5.84. The van der Waals surface area contributed by atoms with E-state index in [9.17, 15) is 4.79 Å². The summed E-state index contributed by atoms with van der Waals surface area (Å²) in [4.78, 5) is 21.5. The minimum Gasteiger partial charge on any atom is -0.369 e. The molecule has 0 radical (unpaired) electrons. The molecule has 0 unspecified atom stereocenters. The molecule has 7 rings (SSSR count). The molecule has 4 aliphatic rings. The molecule has 1 amide bonds. The summed E-state index contributed by atoms with van der Waals surface area (Å²) < 4.78 is 1.99. The van der Waals surface area contributed by atoms with Crippen LogP contribution in [0.3, 0.4) is 0 Å². The van der Waals surface area contributed by atoms with Crippen LogP contribution in [0.1, 0.15) is 60.0 Å². The lowest BCUT2D eigenvalue weighted by Crippen LogP contribution is -2.70. The molecule has 200 valence electrons. The Morgan fingerprint density at radius 2 is 1.74 bits per heavy atom. The second kappa shape index (κ2) is 9.62. The first-order valence-corrected chi connectivity index (χ1v) is 14.1. The molecule has 0 spiro atoms. The van der Waals surface area contributed by atoms with Crippen molar-refractivity contribution in [2.75, 3.05) is 39.3 Å². The summed E-state index contributed by atoms with van der Waals surface area (Å²) in [5.74, 6) is -0.0780. The van der Waals surface area contributed by atoms with Gasteiger partial charge in [0.2, 0.25) is 5.91 Å². The molecule has 1 aromatic carbocycles. The second-order valence-corrected chi connectivity index (χ2v) is 12.1. The summed E-state index contributed by atoms with van der Waals surface area (Å²) in [6.45, 7) is 12.9. The number of primary amides is 1. The fraction of sp³-hybridized carbons (Fsp3) is 0.516. The van der Waals surface area contributed by atoms with Crippen molar-refractivity contribution in [1.82, 2.24) is 24.4 Å². The van der Waals surface area contributed by atoms with Crippen LogP contribution in [0.2, 0.25) is 0 Å². The van der Waals surface area contributed by atoms with Crippen molar-refractivity contribution < 1.29 is 4.79 Å². The lowest BCUT2D eigenvalue weighted by atomic mass is 9.35. The number of nitrogens with two attached hydrogens (primary N) is 1. The molecule has 3 heterocycles. The van der Waals surface area contributed by atoms with Gasteiger partial charge in [0.1, 0.15) is 0 Å². The molecule has 3 saturated carbocycles. The summed E-state index contributed by atoms with van der Waals surface area (Å²) >= 11 is 0. The van der Waals surface area contributed by atoms with E-state index in [0.29, 0.717) is 5.41 Å². The van der Waals surface area contributed by atoms with Crippen LogP contribution < -0.4 is 5.73 Å². The number of aryl methyl sites for hydroxylation is 3. The number of carbonyl (C=O) groups is 1. The molecule has 3 aromatic rings. The Kier molecular flexibility index (Phi) is 6.39. The van der Waals surface area contributed by atoms with Gasteiger partial charge in [-0.2, -0.15) is 5.10 Å². The Hall–Kier alpha value is -3.03. The molecule has 2 N–H and O–H groups in total. The number of rotatable bonds is 9. The van der Waals surface area contributed by atoms with E-state index in [1.54, 1.807) is 0 Å². The fourth-order valence-corrected chi connectivity index (χ4v) is 7.19. The molecule has 7 heteroatoms. The normalized spacial score (nSPS) is 25.6. The summed E-state index contributed by atoms with van der Waals surface area (Å²) in [6, 6.07) is 11.0. The molecule has 7 nitrogen and oxygen atoms in total. The minimum atomic E-state index is -0.132. The van der Waals surface area contributed by atoms with Crippen LogP contribution >= 0.6 is 0 Å². The van der Waals surface area contributed by atoms with Crippen molar-refractivity contribution in [3.05, 3.63) is 70.2 Å². The number of hydrogen-bond donors (Lipinski definition) is 1. The maximum absolute atomic E-state index is 11.6. The van der Waals surface area contributed by atoms with Crippen LogP contribution in [0, 0.1) is 24.7 Å². The Morgan fingerprint density at radius 3 is 2.39 bits per heavy atom. The number of hydrogen-bond acceptors (Lipinski definition) is 5. The smallest absolute Gasteiger partial charge is 0.223 e. The predicted octanol–water partition coefficient (Wildman–Crippen LogP) is 3.79. The van der Waals surface area contributed by atoms with Crippen molar-refractivity contribution in [2.24, 2.45) is 16.6 Å². The van der Waals surface area contributed by atoms with E-state index in [4.69, 9.17) is 15.8 Å². The fourth-order valence-electron chi connectivity index (χ4n) is 7.19. The molecule has 4 fully saturated rings. The van der Waals surface area contributed by atoms with Gasteiger partial charge < -0.3 is 10.6 Å². The topological polar surface area (TPSA) is 79.8 Å². The first kappa shape index (κ1) is 25.3. The van der Waals surface area contributed by atoms with Gasteiger partial charge in [-0.1, -0.05) is 43.3 Å². The Morgan fingerprint density at radius 1 is 1.05 bits per heavy atom. The molecular weight excluding hydrogens is 472 g/mol. The summed E-state index contributed by atoms with van der Waals surface area (Å²) in [6.07, 6.45) is 9.34. The third-order valence-electron chi connectivity index (χ3n) is 9.13. The van der Waals surface area contributed by atoms with Crippen LogP contribution in [0.5, 0.6) is 0 Å². The number of aromatic nitrogens is 3. The molecule has 2 bridgehead atoms. The lowest BCUT2D eigenvalue weighted by molar-refractivity contribution is -0.212. The molecular formula is C31H40N6O. The van der Waals surface area contributed by atoms with Gasteiger partial charge in [0.05, 0.1) is 11.1 Å². The number of nitrogens with zero attached hydrogens (tertiary/aromatic N) is 5. The molecule has 3 aliphatic carbocycles. The molecule has 1 saturated heterocycles. The minimum absolute atomic E-state index is 0.0780. The number of fused-ring (bicyclic) bond motifs is 1. The highest BCUT2D eigenvalue weighted by Crippen LogP contribution is 2.73. The highest BCUT2D eigenvalue weighted by atomic mass is 16.1. The zero-order chi connectivity index (χ0) is 26.5. The van der Waals surface area contributed by atoms with E-state index in [1.807, 2.05) is 4.52 Å². The van der Waals surface area contributed by atoms with Crippen molar-refractivity contribution in [1.29, 1.82) is 0 Å². The largest absolute Gasteiger partial charge is 0.369 e. The molecule has 1 aliphatic heterocycles. The van der Waals surface area contributed by atoms with Gasteiger partial charge >= 0.3 is 0 Å². The van der Waals surface area contributed by atoms with Crippen LogP contribution in [-0.4, -0.2) is 69.6 Å². The van der Waals surface area contributed by atoms with E-state index in [2.05, 4.69) is 73.1 Å². The zero-order valence-electron chi connectivity index (χ0n) is 23.0. The van der Waals surface area contributed by atoms with E-state index in [1.165, 1.54) is 16.7 Å². The lowest BCUT2D eigenvalue weighted by Gasteiger charge is -2.70. The van der Waals surface area contributed by atoms with Crippen LogP contribution in [0.15, 0.2) is 36.4 Å². The van der Waals surface area contributed by atoms with Crippen LogP contribution in [0.4, 0.5) is 0 Å². The first-order valence-electron chi connectivity index (χ1n) is 14.1. The molecule has 2 aromatic heterocycles. The SMILES string of the molecule is CCc1nn2c(C)cc(C)nc2c1Cc1ccc(/C=C/CN2CCN(CC34CC(C(N)=O)(C3)C4)CC2)cc1. The van der Waals surface area contributed by atoms with Gasteiger partial charge in [-0.15, -0.1) is 0 Å². The first-order chi connectivity index (χ1) is 18.3. The highest BCUT2D eigenvalue weighted by Gasteiger charge is 2.70. The monoisotopic (exact) mass is 512 g/mol. The quantitative estimate of drug-likeness (QED) is 0.472. The standard InChI is InChI=1S/C31H40N6O/c1-4-27-26(28-33-22(2)16-23(3)37(28)34-27)17-25-9-7-24(8-10-25)6-5-11-35-12-14-36(15-13-35)21-30-18-31(19-30,20-30)29(32)38/h5-10,16H,4,11-15,17-21H2,1-3H3,(H2,32,38)/b6-5+. The Balaban J connectivity index is 0.997. The van der Waals surface area contributed by atoms with Gasteiger partial charge in [0.15, 0.2) is 5.65 Å². The van der Waals surface area contributed by atoms with Crippen LogP contribution in [0.25, 0.3) is 11.7 Å². The maximum Gasteiger partial charge on any atom is 0.223 e. The molecule has 38 heavy (non-hydrogen) atoms. The third-order valence-corrected chi connectivity index (χ3v) is 9.13. The van der Waals surface area contributed by atoms with E-state index in [0.717, 1.165) is 94.1 Å². The van der Waals surface area contributed by atoms with Gasteiger partial charge in [0, 0.05) is 62.6 Å². The van der Waals surface area contributed by atoms with Gasteiger partial charge in [-0.25, -0.2) is 9.50 Å². The van der Waals surface area contributed by atoms with Crippen molar-refractivity contribution >= 4 is 17.6 Å². The summed E-state index contributed by atoms with van der Waals surface area (Å²) in [7, 11) is 0. The van der Waals surface area contributed by atoms with Gasteiger partial charge in [0.25, 0.3) is 0 Å². The van der Waals surface area contributed by atoms with Gasteiger partial charge in [-0.3, -0.25) is 9.69 Å². The average Bonchev–Trinajstić information content (AvgIpc) is 3.20. The Bertz CT molecular complexity index is 1360. The maximum atomic E-state index is 11.6.